The summed E-state index contributed by atoms with van der Waals surface area (Å²) in [4.78, 5) is 11.0. The molecule has 0 radical (unpaired) electrons. The monoisotopic (exact) mass is 179 g/mol. The van der Waals surface area contributed by atoms with Gasteiger partial charge in [0.2, 0.25) is 5.91 Å². The molecule has 1 aliphatic carbocycles. The van der Waals surface area contributed by atoms with Gasteiger partial charge in [-0.05, 0) is 19.3 Å². The second-order valence-corrected chi connectivity index (χ2v) is 3.49. The summed E-state index contributed by atoms with van der Waals surface area (Å²) in [7, 11) is 0. The minimum Gasteiger partial charge on any atom is -0.353 e. The number of carbonyl (C=O) groups excluding carboxylic acids is 1. The lowest BCUT2D eigenvalue weighted by Gasteiger charge is -2.26. The first-order valence-corrected chi connectivity index (χ1v) is 3.83. The number of nitrogens with one attached hydrogen (secondary N) is 1. The van der Waals surface area contributed by atoms with E-state index in [2.05, 4.69) is 5.32 Å². The van der Waals surface area contributed by atoms with Crippen molar-refractivity contribution in [3.05, 3.63) is 0 Å². The standard InChI is InChI=1S/C7H8F3NO/c8-7(9,10)6-2-1-4(3-6)11-5(6)12/h4H,1-3H2,(H,11,12)/t4-,6-/m1/s1. The molecule has 0 unspecified atom stereocenters. The lowest BCUT2D eigenvalue weighted by atomic mass is 9.86. The Balaban J connectivity index is 2.36. The highest BCUT2D eigenvalue weighted by atomic mass is 19.4. The maximum Gasteiger partial charge on any atom is 0.403 e. The number of piperidine rings is 1. The highest BCUT2D eigenvalue weighted by Crippen LogP contribution is 2.53. The van der Waals surface area contributed by atoms with Crippen molar-refractivity contribution in [1.29, 1.82) is 0 Å². The normalized spacial score (nSPS) is 40.2. The van der Waals surface area contributed by atoms with Crippen molar-refractivity contribution < 1.29 is 18.0 Å². The first-order valence-electron chi connectivity index (χ1n) is 3.83. The second kappa shape index (κ2) is 1.95. The van der Waals surface area contributed by atoms with Crippen LogP contribution in [0.25, 0.3) is 0 Å². The highest BCUT2D eigenvalue weighted by molar-refractivity contribution is 5.87. The molecule has 2 rings (SSSR count). The maximum absolute atomic E-state index is 12.4. The molecule has 2 bridgehead atoms. The van der Waals surface area contributed by atoms with Gasteiger partial charge >= 0.3 is 6.18 Å². The number of halogens is 3. The number of amides is 1. The average molecular weight is 179 g/mol. The fourth-order valence-electron chi connectivity index (χ4n) is 2.08. The molecule has 0 aromatic carbocycles. The van der Waals surface area contributed by atoms with Crippen molar-refractivity contribution in [2.45, 2.75) is 31.5 Å². The Bertz CT molecular complexity index is 237. The van der Waals surface area contributed by atoms with Crippen LogP contribution in [0.15, 0.2) is 0 Å². The van der Waals surface area contributed by atoms with Crippen LogP contribution in [0.4, 0.5) is 13.2 Å². The number of hydrogen-bond donors (Lipinski definition) is 1. The van der Waals surface area contributed by atoms with Gasteiger partial charge in [-0.3, -0.25) is 4.79 Å². The van der Waals surface area contributed by atoms with Gasteiger partial charge in [-0.15, -0.1) is 0 Å². The predicted octanol–water partition coefficient (Wildman–Crippen LogP) is 1.22. The second-order valence-electron chi connectivity index (χ2n) is 3.49. The Morgan fingerprint density at radius 1 is 1.50 bits per heavy atom. The molecule has 1 amide bonds. The van der Waals surface area contributed by atoms with Gasteiger partial charge in [0, 0.05) is 6.04 Å². The third kappa shape index (κ3) is 0.738. The van der Waals surface area contributed by atoms with Crippen LogP contribution >= 0.6 is 0 Å². The Morgan fingerprint density at radius 3 is 2.42 bits per heavy atom. The Kier molecular flexibility index (Phi) is 1.28. The SMILES string of the molecule is O=C1N[C@@H]2CC[C@@]1(C(F)(F)F)C2. The molecule has 12 heavy (non-hydrogen) atoms. The topological polar surface area (TPSA) is 29.1 Å². The zero-order valence-electron chi connectivity index (χ0n) is 6.24. The molecule has 1 heterocycles. The van der Waals surface area contributed by atoms with Crippen LogP contribution in [0, 0.1) is 5.41 Å². The number of rotatable bonds is 0. The van der Waals surface area contributed by atoms with Crippen LogP contribution in [-0.2, 0) is 4.79 Å². The van der Waals surface area contributed by atoms with Gasteiger partial charge in [-0.2, -0.15) is 13.2 Å². The molecule has 1 aliphatic heterocycles. The zero-order chi connectivity index (χ0) is 8.98. The molecule has 0 aromatic heterocycles. The minimum atomic E-state index is -4.37. The summed E-state index contributed by atoms with van der Waals surface area (Å²) in [6, 6.07) is -0.237. The molecule has 68 valence electrons. The van der Waals surface area contributed by atoms with Gasteiger partial charge < -0.3 is 5.32 Å². The van der Waals surface area contributed by atoms with Crippen LogP contribution in [0.3, 0.4) is 0 Å². The largest absolute Gasteiger partial charge is 0.403 e. The van der Waals surface area contributed by atoms with Crippen molar-refractivity contribution in [1.82, 2.24) is 5.32 Å². The summed E-state index contributed by atoms with van der Waals surface area (Å²) in [6.45, 7) is 0. The average Bonchev–Trinajstić information content (AvgIpc) is 2.41. The van der Waals surface area contributed by atoms with E-state index in [-0.39, 0.29) is 18.9 Å². The van der Waals surface area contributed by atoms with E-state index in [4.69, 9.17) is 0 Å². The molecule has 2 nitrogen and oxygen atoms in total. The van der Waals surface area contributed by atoms with Crippen LogP contribution in [0.2, 0.25) is 0 Å². The van der Waals surface area contributed by atoms with E-state index < -0.39 is 17.5 Å². The number of fused-ring (bicyclic) bond motifs is 2. The fraction of sp³-hybridized carbons (Fsp3) is 0.857. The van der Waals surface area contributed by atoms with E-state index in [0.717, 1.165) is 0 Å². The third-order valence-corrected chi connectivity index (χ3v) is 2.83. The van der Waals surface area contributed by atoms with E-state index in [1.165, 1.54) is 0 Å². The minimum absolute atomic E-state index is 0.0347. The first kappa shape index (κ1) is 7.89. The number of carbonyl (C=O) groups is 1. The Hall–Kier alpha value is -0.740. The summed E-state index contributed by atoms with van der Waals surface area (Å²) in [5.74, 6) is -0.828. The molecular formula is C7H8F3NO. The van der Waals surface area contributed by atoms with Gasteiger partial charge in [0.25, 0.3) is 0 Å². The van der Waals surface area contributed by atoms with E-state index in [0.29, 0.717) is 6.42 Å². The summed E-state index contributed by atoms with van der Waals surface area (Å²) < 4.78 is 37.3. The summed E-state index contributed by atoms with van der Waals surface area (Å²) >= 11 is 0. The van der Waals surface area contributed by atoms with Crippen LogP contribution in [0.1, 0.15) is 19.3 Å². The predicted molar refractivity (Wildman–Crippen MR) is 34.3 cm³/mol. The Labute approximate surface area is 67.1 Å². The van der Waals surface area contributed by atoms with E-state index >= 15 is 0 Å². The molecule has 0 aromatic rings. The number of hydrogen-bond acceptors (Lipinski definition) is 1. The molecule has 5 heteroatoms. The first-order chi connectivity index (χ1) is 5.46. The van der Waals surface area contributed by atoms with Gasteiger partial charge in [0.1, 0.15) is 5.41 Å². The highest BCUT2D eigenvalue weighted by Gasteiger charge is 2.67. The molecule has 1 saturated heterocycles. The van der Waals surface area contributed by atoms with Crippen molar-refractivity contribution >= 4 is 5.91 Å². The molecule has 2 fully saturated rings. The number of alkyl halides is 3. The summed E-state index contributed by atoms with van der Waals surface area (Å²) in [5, 5.41) is 2.34. The van der Waals surface area contributed by atoms with Gasteiger partial charge in [0.05, 0.1) is 0 Å². The van der Waals surface area contributed by atoms with E-state index in [1.54, 1.807) is 0 Å². The van der Waals surface area contributed by atoms with Gasteiger partial charge in [-0.25, -0.2) is 0 Å². The third-order valence-electron chi connectivity index (χ3n) is 2.83. The Morgan fingerprint density at radius 2 is 2.17 bits per heavy atom. The van der Waals surface area contributed by atoms with Crippen molar-refractivity contribution in [3.63, 3.8) is 0 Å². The van der Waals surface area contributed by atoms with Crippen molar-refractivity contribution in [3.8, 4) is 0 Å². The molecule has 2 atom stereocenters. The van der Waals surface area contributed by atoms with E-state index in [9.17, 15) is 18.0 Å². The maximum atomic E-state index is 12.4. The van der Waals surface area contributed by atoms with Crippen LogP contribution in [0.5, 0.6) is 0 Å². The molecule has 0 spiro atoms. The lowest BCUT2D eigenvalue weighted by Crippen LogP contribution is -2.45. The smallest absolute Gasteiger partial charge is 0.353 e. The van der Waals surface area contributed by atoms with Crippen molar-refractivity contribution in [2.75, 3.05) is 0 Å². The van der Waals surface area contributed by atoms with Gasteiger partial charge in [0.15, 0.2) is 0 Å². The lowest BCUT2D eigenvalue weighted by molar-refractivity contribution is -0.216. The van der Waals surface area contributed by atoms with Crippen molar-refractivity contribution in [2.24, 2.45) is 5.41 Å². The molecule has 1 saturated carbocycles. The van der Waals surface area contributed by atoms with Crippen LogP contribution in [-0.4, -0.2) is 18.1 Å². The fourth-order valence-corrected chi connectivity index (χ4v) is 2.08. The van der Waals surface area contributed by atoms with Crippen LogP contribution < -0.4 is 5.32 Å². The summed E-state index contributed by atoms with van der Waals surface area (Å²) in [5.41, 5.74) is -2.04. The van der Waals surface area contributed by atoms with Gasteiger partial charge in [-0.1, -0.05) is 0 Å². The molecular weight excluding hydrogens is 171 g/mol. The summed E-state index contributed by atoms with van der Waals surface area (Å²) in [6.07, 6.45) is -4.00. The zero-order valence-corrected chi connectivity index (χ0v) is 6.24. The molecule has 2 aliphatic rings. The molecule has 1 N–H and O–H groups in total. The quantitative estimate of drug-likeness (QED) is 0.595. The van der Waals surface area contributed by atoms with E-state index in [1.807, 2.05) is 0 Å².